The van der Waals surface area contributed by atoms with Crippen molar-refractivity contribution < 1.29 is 9.53 Å². The van der Waals surface area contributed by atoms with Crippen molar-refractivity contribution in [2.24, 2.45) is 12.0 Å². The van der Waals surface area contributed by atoms with Crippen LogP contribution in [0.4, 0.5) is 0 Å². The molecule has 0 radical (unpaired) electrons. The highest BCUT2D eigenvalue weighted by molar-refractivity contribution is 5.79. The molecule has 7 nitrogen and oxygen atoms in total. The van der Waals surface area contributed by atoms with Gasteiger partial charge in [-0.25, -0.2) is 0 Å². The quantitative estimate of drug-likeness (QED) is 0.307. The highest BCUT2D eigenvalue weighted by Crippen LogP contribution is 2.14. The molecule has 0 aromatic carbocycles. The third-order valence-corrected chi connectivity index (χ3v) is 4.35. The zero-order chi connectivity index (χ0) is 18.8. The van der Waals surface area contributed by atoms with Gasteiger partial charge in [0, 0.05) is 38.8 Å². The van der Waals surface area contributed by atoms with Crippen LogP contribution in [-0.2, 0) is 23.0 Å². The number of carbonyl (C=O) groups is 1. The van der Waals surface area contributed by atoms with E-state index in [1.165, 1.54) is 18.4 Å². The Morgan fingerprint density at radius 3 is 2.60 bits per heavy atom. The Hall–Kier alpha value is -2.05. The lowest BCUT2D eigenvalue weighted by Gasteiger charge is -2.18. The summed E-state index contributed by atoms with van der Waals surface area (Å²) in [5.41, 5.74) is 3.59. The third-order valence-electron chi connectivity index (χ3n) is 4.35. The van der Waals surface area contributed by atoms with Crippen LogP contribution < -0.4 is 10.6 Å². The molecule has 7 heteroatoms. The van der Waals surface area contributed by atoms with E-state index in [-0.39, 0.29) is 12.0 Å². The van der Waals surface area contributed by atoms with Crippen LogP contribution in [0.2, 0.25) is 0 Å². The van der Waals surface area contributed by atoms with Crippen molar-refractivity contribution in [2.75, 3.05) is 20.7 Å². The number of carbonyl (C=O) groups excluding carboxylic acids is 1. The molecule has 0 saturated heterocycles. The van der Waals surface area contributed by atoms with E-state index in [0.29, 0.717) is 6.42 Å². The van der Waals surface area contributed by atoms with Gasteiger partial charge in [-0.05, 0) is 45.6 Å². The minimum Gasteiger partial charge on any atom is -0.469 e. The van der Waals surface area contributed by atoms with E-state index in [0.717, 1.165) is 43.9 Å². The highest BCUT2D eigenvalue weighted by atomic mass is 16.5. The van der Waals surface area contributed by atoms with E-state index in [9.17, 15) is 4.79 Å². The topological polar surface area (TPSA) is 80.5 Å². The lowest BCUT2D eigenvalue weighted by Crippen LogP contribution is -2.43. The number of nitrogens with one attached hydrogen (secondary N) is 2. The summed E-state index contributed by atoms with van der Waals surface area (Å²) in [6.07, 6.45) is 4.24. The molecular formula is C18H33N5O2. The van der Waals surface area contributed by atoms with Gasteiger partial charge in [0.15, 0.2) is 5.96 Å². The largest absolute Gasteiger partial charge is 0.469 e. The summed E-state index contributed by atoms with van der Waals surface area (Å²) in [4.78, 5) is 15.3. The van der Waals surface area contributed by atoms with Crippen molar-refractivity contribution in [2.45, 2.75) is 58.9 Å². The van der Waals surface area contributed by atoms with Gasteiger partial charge in [0.25, 0.3) is 0 Å². The molecule has 1 aromatic rings. The fraction of sp³-hybridized carbons (Fsp3) is 0.722. The van der Waals surface area contributed by atoms with Gasteiger partial charge in [0.05, 0.1) is 12.8 Å². The van der Waals surface area contributed by atoms with Gasteiger partial charge in [-0.1, -0.05) is 6.42 Å². The molecule has 1 aromatic heterocycles. The number of aliphatic imine (C=N–C) groups is 1. The number of methoxy groups -OCH3 is 1. The van der Waals surface area contributed by atoms with Crippen LogP contribution in [0.15, 0.2) is 4.99 Å². The van der Waals surface area contributed by atoms with Crippen LogP contribution in [-0.4, -0.2) is 48.5 Å². The molecule has 0 saturated carbocycles. The maximum absolute atomic E-state index is 11.0. The fourth-order valence-corrected chi connectivity index (χ4v) is 2.78. The zero-order valence-electron chi connectivity index (χ0n) is 16.5. The first kappa shape index (κ1) is 21.0. The van der Waals surface area contributed by atoms with Gasteiger partial charge >= 0.3 is 5.97 Å². The van der Waals surface area contributed by atoms with E-state index in [4.69, 9.17) is 0 Å². The average molecular weight is 351 g/mol. The Kier molecular flexibility index (Phi) is 9.02. The maximum Gasteiger partial charge on any atom is 0.305 e. The number of hydrogen-bond acceptors (Lipinski definition) is 4. The number of aromatic nitrogens is 2. The second-order valence-electron chi connectivity index (χ2n) is 6.41. The zero-order valence-corrected chi connectivity index (χ0v) is 16.5. The molecule has 0 aliphatic carbocycles. The smallest absolute Gasteiger partial charge is 0.305 e. The number of ether oxygens (including phenoxy) is 1. The summed E-state index contributed by atoms with van der Waals surface area (Å²) in [5.74, 6) is 0.667. The van der Waals surface area contributed by atoms with Crippen molar-refractivity contribution in [3.63, 3.8) is 0 Å². The molecule has 2 N–H and O–H groups in total. The number of hydrogen-bond donors (Lipinski definition) is 2. The molecule has 0 aliphatic rings. The van der Waals surface area contributed by atoms with Crippen molar-refractivity contribution in [1.29, 1.82) is 0 Å². The number of nitrogens with zero attached hydrogens (tertiary/aromatic N) is 3. The first-order chi connectivity index (χ1) is 11.9. The minimum atomic E-state index is -0.139. The Bertz CT molecular complexity index is 580. The van der Waals surface area contributed by atoms with E-state index in [2.05, 4.69) is 46.2 Å². The molecule has 1 rings (SSSR count). The Labute approximate surface area is 151 Å². The Morgan fingerprint density at radius 2 is 2.04 bits per heavy atom. The summed E-state index contributed by atoms with van der Waals surface area (Å²) >= 11 is 0. The van der Waals surface area contributed by atoms with Crippen LogP contribution in [0.5, 0.6) is 0 Å². The Balaban J connectivity index is 2.32. The molecule has 0 spiro atoms. The predicted octanol–water partition coefficient (Wildman–Crippen LogP) is 1.87. The van der Waals surface area contributed by atoms with Gasteiger partial charge in [-0.2, -0.15) is 5.10 Å². The average Bonchev–Trinajstić information content (AvgIpc) is 2.82. The summed E-state index contributed by atoms with van der Waals surface area (Å²) < 4.78 is 6.56. The van der Waals surface area contributed by atoms with Gasteiger partial charge in [-0.15, -0.1) is 0 Å². The van der Waals surface area contributed by atoms with Crippen molar-refractivity contribution in [3.8, 4) is 0 Å². The lowest BCUT2D eigenvalue weighted by molar-refractivity contribution is -0.140. The SMILES string of the molecule is CN=C(NCCCCCC(=O)OC)NC(C)Cc1c(C)nn(C)c1C. The Morgan fingerprint density at radius 1 is 1.32 bits per heavy atom. The first-order valence-corrected chi connectivity index (χ1v) is 8.92. The van der Waals surface area contributed by atoms with E-state index < -0.39 is 0 Å². The molecule has 25 heavy (non-hydrogen) atoms. The lowest BCUT2D eigenvalue weighted by atomic mass is 10.1. The summed E-state index contributed by atoms with van der Waals surface area (Å²) in [5, 5.41) is 11.2. The molecule has 0 amide bonds. The van der Waals surface area contributed by atoms with Gasteiger partial charge in [-0.3, -0.25) is 14.5 Å². The maximum atomic E-state index is 11.0. The molecule has 142 valence electrons. The normalized spacial score (nSPS) is 12.8. The second-order valence-corrected chi connectivity index (χ2v) is 6.41. The fourth-order valence-electron chi connectivity index (χ4n) is 2.78. The second kappa shape index (κ2) is 10.7. The van der Waals surface area contributed by atoms with Crippen molar-refractivity contribution in [1.82, 2.24) is 20.4 Å². The number of guanidine groups is 1. The highest BCUT2D eigenvalue weighted by Gasteiger charge is 2.13. The standard InChI is InChI=1S/C18H33N5O2/c1-13(12-16-14(2)22-23(5)15(16)3)21-18(19-4)20-11-9-7-8-10-17(24)25-6/h13H,7-12H2,1-6H3,(H2,19,20,21). The molecule has 1 atom stereocenters. The molecule has 1 unspecified atom stereocenters. The molecule has 1 heterocycles. The van der Waals surface area contributed by atoms with Crippen LogP contribution in [0.1, 0.15) is 49.6 Å². The van der Waals surface area contributed by atoms with Crippen LogP contribution >= 0.6 is 0 Å². The molecular weight excluding hydrogens is 318 g/mol. The molecule has 0 aliphatic heterocycles. The third kappa shape index (κ3) is 7.15. The number of aryl methyl sites for hydroxylation is 2. The van der Waals surface area contributed by atoms with Crippen LogP contribution in [0, 0.1) is 13.8 Å². The first-order valence-electron chi connectivity index (χ1n) is 8.92. The van der Waals surface area contributed by atoms with E-state index in [1.807, 2.05) is 11.7 Å². The van der Waals surface area contributed by atoms with Crippen LogP contribution in [0.3, 0.4) is 0 Å². The van der Waals surface area contributed by atoms with Crippen molar-refractivity contribution >= 4 is 11.9 Å². The predicted molar refractivity (Wildman–Crippen MR) is 101 cm³/mol. The minimum absolute atomic E-state index is 0.139. The number of rotatable bonds is 9. The summed E-state index contributed by atoms with van der Waals surface area (Å²) in [6.45, 7) is 7.13. The molecule has 0 bridgehead atoms. The summed E-state index contributed by atoms with van der Waals surface area (Å²) in [7, 11) is 5.18. The molecule has 0 fully saturated rings. The van der Waals surface area contributed by atoms with E-state index >= 15 is 0 Å². The number of unbranched alkanes of at least 4 members (excludes halogenated alkanes) is 2. The van der Waals surface area contributed by atoms with Gasteiger partial charge in [0.1, 0.15) is 0 Å². The summed E-state index contributed by atoms with van der Waals surface area (Å²) in [6, 6.07) is 0.257. The van der Waals surface area contributed by atoms with Crippen molar-refractivity contribution in [3.05, 3.63) is 17.0 Å². The van der Waals surface area contributed by atoms with Crippen LogP contribution in [0.25, 0.3) is 0 Å². The van der Waals surface area contributed by atoms with E-state index in [1.54, 1.807) is 7.05 Å². The monoisotopic (exact) mass is 351 g/mol. The number of esters is 1. The van der Waals surface area contributed by atoms with Gasteiger partial charge < -0.3 is 15.4 Å². The van der Waals surface area contributed by atoms with Gasteiger partial charge in [0.2, 0.25) is 0 Å².